The average molecular weight is 445 g/mol. The lowest BCUT2D eigenvalue weighted by Gasteiger charge is -2.30. The SMILES string of the molecule is O=C([C@@H](NS(=O)(=O)c1ccc(Br)s1)c1ccccc1)N1CCOCC1. The van der Waals surface area contributed by atoms with Gasteiger partial charge in [0.1, 0.15) is 10.3 Å². The van der Waals surface area contributed by atoms with E-state index in [0.29, 0.717) is 35.7 Å². The third-order valence-corrected chi connectivity index (χ3v) is 7.33. The van der Waals surface area contributed by atoms with Gasteiger partial charge < -0.3 is 9.64 Å². The van der Waals surface area contributed by atoms with Crippen LogP contribution < -0.4 is 4.72 Å². The predicted molar refractivity (Wildman–Crippen MR) is 98.9 cm³/mol. The zero-order valence-corrected chi connectivity index (χ0v) is 16.4. The molecule has 1 fully saturated rings. The number of carbonyl (C=O) groups is 1. The number of hydrogen-bond donors (Lipinski definition) is 1. The predicted octanol–water partition coefficient (Wildman–Crippen LogP) is 2.39. The van der Waals surface area contributed by atoms with Gasteiger partial charge in [0.05, 0.1) is 17.0 Å². The van der Waals surface area contributed by atoms with E-state index in [0.717, 1.165) is 11.3 Å². The summed E-state index contributed by atoms with van der Waals surface area (Å²) >= 11 is 4.36. The Morgan fingerprint density at radius 3 is 2.44 bits per heavy atom. The van der Waals surface area contributed by atoms with Crippen LogP contribution in [0.3, 0.4) is 0 Å². The second-order valence-corrected chi connectivity index (χ2v) is 9.87. The first-order valence-electron chi connectivity index (χ1n) is 7.66. The van der Waals surface area contributed by atoms with Crippen LogP contribution in [0.4, 0.5) is 0 Å². The number of sulfonamides is 1. The van der Waals surface area contributed by atoms with Crippen molar-refractivity contribution < 1.29 is 17.9 Å². The van der Waals surface area contributed by atoms with Crippen LogP contribution >= 0.6 is 27.3 Å². The molecule has 1 N–H and O–H groups in total. The van der Waals surface area contributed by atoms with Gasteiger partial charge in [-0.05, 0) is 33.6 Å². The Hall–Kier alpha value is -1.26. The smallest absolute Gasteiger partial charge is 0.251 e. The van der Waals surface area contributed by atoms with Crippen molar-refractivity contribution in [3.8, 4) is 0 Å². The van der Waals surface area contributed by atoms with Crippen LogP contribution in [-0.4, -0.2) is 45.5 Å². The third-order valence-electron chi connectivity index (χ3n) is 3.79. The molecule has 3 rings (SSSR count). The van der Waals surface area contributed by atoms with E-state index < -0.39 is 16.1 Å². The van der Waals surface area contributed by atoms with Gasteiger partial charge in [0, 0.05) is 13.1 Å². The summed E-state index contributed by atoms with van der Waals surface area (Å²) in [6.45, 7) is 1.82. The fourth-order valence-electron chi connectivity index (χ4n) is 2.53. The summed E-state index contributed by atoms with van der Waals surface area (Å²) in [7, 11) is -3.81. The zero-order valence-electron chi connectivity index (χ0n) is 13.2. The molecule has 0 bridgehead atoms. The number of carbonyl (C=O) groups excluding carboxylic acids is 1. The maximum Gasteiger partial charge on any atom is 0.251 e. The molecule has 2 heterocycles. The summed E-state index contributed by atoms with van der Waals surface area (Å²) in [5, 5.41) is 0. The number of ether oxygens (including phenoxy) is 1. The van der Waals surface area contributed by atoms with Gasteiger partial charge in [-0.2, -0.15) is 4.72 Å². The number of hydrogen-bond acceptors (Lipinski definition) is 5. The minimum atomic E-state index is -3.81. The van der Waals surface area contributed by atoms with Crippen molar-refractivity contribution in [3.05, 3.63) is 51.8 Å². The molecule has 134 valence electrons. The zero-order chi connectivity index (χ0) is 17.9. The number of halogens is 1. The number of rotatable bonds is 5. The molecule has 2 aromatic rings. The van der Waals surface area contributed by atoms with Gasteiger partial charge in [0.15, 0.2) is 0 Å². The Morgan fingerprint density at radius 2 is 1.84 bits per heavy atom. The number of nitrogens with zero attached hydrogens (tertiary/aromatic N) is 1. The van der Waals surface area contributed by atoms with Crippen molar-refractivity contribution in [2.45, 2.75) is 10.3 Å². The first-order chi connectivity index (χ1) is 12.0. The van der Waals surface area contributed by atoms with E-state index in [2.05, 4.69) is 20.7 Å². The molecule has 1 saturated heterocycles. The first kappa shape index (κ1) is 18.5. The number of morpholine rings is 1. The van der Waals surface area contributed by atoms with E-state index in [9.17, 15) is 13.2 Å². The number of benzene rings is 1. The van der Waals surface area contributed by atoms with E-state index in [1.54, 1.807) is 35.2 Å². The van der Waals surface area contributed by atoms with Crippen molar-refractivity contribution in [3.63, 3.8) is 0 Å². The molecule has 1 atom stereocenters. The molecule has 9 heteroatoms. The highest BCUT2D eigenvalue weighted by Gasteiger charge is 2.31. The third kappa shape index (κ3) is 4.48. The highest BCUT2D eigenvalue weighted by atomic mass is 79.9. The molecule has 6 nitrogen and oxygen atoms in total. The maximum absolute atomic E-state index is 13.0. The molecular formula is C16H17BrN2O4S2. The molecule has 1 amide bonds. The molecule has 0 radical (unpaired) electrons. The topological polar surface area (TPSA) is 75.7 Å². The highest BCUT2D eigenvalue weighted by molar-refractivity contribution is 9.11. The summed E-state index contributed by atoms with van der Waals surface area (Å²) in [5.74, 6) is -0.270. The lowest BCUT2D eigenvalue weighted by atomic mass is 10.1. The van der Waals surface area contributed by atoms with Crippen molar-refractivity contribution in [1.29, 1.82) is 0 Å². The molecule has 1 aromatic carbocycles. The van der Waals surface area contributed by atoms with Crippen molar-refractivity contribution in [2.75, 3.05) is 26.3 Å². The van der Waals surface area contributed by atoms with E-state index in [1.807, 2.05) is 6.07 Å². The quantitative estimate of drug-likeness (QED) is 0.767. The minimum absolute atomic E-state index is 0.162. The normalized spacial score (nSPS) is 16.6. The van der Waals surface area contributed by atoms with Gasteiger partial charge in [-0.1, -0.05) is 30.3 Å². The Labute approximate surface area is 159 Å². The Bertz CT molecular complexity index is 833. The van der Waals surface area contributed by atoms with Crippen molar-refractivity contribution in [2.24, 2.45) is 0 Å². The lowest BCUT2D eigenvalue weighted by molar-refractivity contribution is -0.137. The molecule has 0 spiro atoms. The lowest BCUT2D eigenvalue weighted by Crippen LogP contribution is -2.47. The van der Waals surface area contributed by atoms with E-state index in [1.165, 1.54) is 6.07 Å². The van der Waals surface area contributed by atoms with E-state index in [-0.39, 0.29) is 10.1 Å². The van der Waals surface area contributed by atoms with Gasteiger partial charge >= 0.3 is 0 Å². The van der Waals surface area contributed by atoms with Crippen LogP contribution in [-0.2, 0) is 19.6 Å². The monoisotopic (exact) mass is 444 g/mol. The molecule has 25 heavy (non-hydrogen) atoms. The molecule has 0 saturated carbocycles. The van der Waals surface area contributed by atoms with Crippen LogP contribution in [0.15, 0.2) is 50.5 Å². The molecular weight excluding hydrogens is 428 g/mol. The summed E-state index contributed by atoms with van der Waals surface area (Å²) < 4.78 is 34.1. The standard InChI is InChI=1S/C16H17BrN2O4S2/c17-13-6-7-14(24-13)25(21,22)18-15(12-4-2-1-3-5-12)16(20)19-8-10-23-11-9-19/h1-7,15,18H,8-11H2/t15-/m0/s1. The maximum atomic E-state index is 13.0. The van der Waals surface area contributed by atoms with E-state index in [4.69, 9.17) is 4.74 Å². The Kier molecular flexibility index (Phi) is 5.90. The molecule has 1 aromatic heterocycles. The van der Waals surface area contributed by atoms with Gasteiger partial charge in [-0.3, -0.25) is 4.79 Å². The van der Waals surface area contributed by atoms with Gasteiger partial charge in [-0.15, -0.1) is 11.3 Å². The van der Waals surface area contributed by atoms with Crippen LogP contribution in [0.25, 0.3) is 0 Å². The van der Waals surface area contributed by atoms with E-state index >= 15 is 0 Å². The second kappa shape index (κ2) is 7.96. The number of thiophene rings is 1. The van der Waals surface area contributed by atoms with Crippen LogP contribution in [0.1, 0.15) is 11.6 Å². The molecule has 0 aliphatic carbocycles. The summed E-state index contributed by atoms with van der Waals surface area (Å²) in [6, 6.07) is 11.1. The second-order valence-electron chi connectivity index (χ2n) is 5.46. The van der Waals surface area contributed by atoms with Crippen molar-refractivity contribution >= 4 is 43.2 Å². The number of nitrogens with one attached hydrogen (secondary N) is 1. The van der Waals surface area contributed by atoms with Crippen LogP contribution in [0.2, 0.25) is 0 Å². The van der Waals surface area contributed by atoms with Crippen LogP contribution in [0, 0.1) is 0 Å². The largest absolute Gasteiger partial charge is 0.378 e. The Morgan fingerprint density at radius 1 is 1.16 bits per heavy atom. The fourth-order valence-corrected chi connectivity index (χ4v) is 5.73. The van der Waals surface area contributed by atoms with Gasteiger partial charge in [-0.25, -0.2) is 8.42 Å². The average Bonchev–Trinajstić information content (AvgIpc) is 3.08. The summed E-state index contributed by atoms with van der Waals surface area (Å²) in [4.78, 5) is 14.6. The molecule has 1 aliphatic heterocycles. The fraction of sp³-hybridized carbons (Fsp3) is 0.312. The van der Waals surface area contributed by atoms with Crippen molar-refractivity contribution in [1.82, 2.24) is 9.62 Å². The van der Waals surface area contributed by atoms with Gasteiger partial charge in [0.2, 0.25) is 5.91 Å². The molecule has 1 aliphatic rings. The first-order valence-corrected chi connectivity index (χ1v) is 10.8. The number of amides is 1. The highest BCUT2D eigenvalue weighted by Crippen LogP contribution is 2.28. The summed E-state index contributed by atoms with van der Waals surface area (Å²) in [5.41, 5.74) is 0.609. The Balaban J connectivity index is 1.90. The van der Waals surface area contributed by atoms with Crippen LogP contribution in [0.5, 0.6) is 0 Å². The minimum Gasteiger partial charge on any atom is -0.378 e. The van der Waals surface area contributed by atoms with Gasteiger partial charge in [0.25, 0.3) is 10.0 Å². The molecule has 0 unspecified atom stereocenters. The summed E-state index contributed by atoms with van der Waals surface area (Å²) in [6.07, 6.45) is 0.